The standard InChI is InChI=1S/C24H42N4O5/c1-28-9-3-5-23(28)22-18-21(19-26-20-22)4-2-8-27-24(29)6-10-30-12-14-32-16-17-33-15-13-31-11-7-25/h18-20,23H,2-17,25H2,1H3,(H,27,29). The summed E-state index contributed by atoms with van der Waals surface area (Å²) in [4.78, 5) is 18.8. The van der Waals surface area contributed by atoms with Crippen LogP contribution in [0.25, 0.3) is 0 Å². The number of pyridine rings is 1. The number of hydrogen-bond acceptors (Lipinski definition) is 8. The molecule has 1 unspecified atom stereocenters. The highest BCUT2D eigenvalue weighted by atomic mass is 16.6. The highest BCUT2D eigenvalue weighted by molar-refractivity contribution is 5.75. The third-order valence-corrected chi connectivity index (χ3v) is 5.54. The molecule has 1 atom stereocenters. The highest BCUT2D eigenvalue weighted by Crippen LogP contribution is 2.30. The van der Waals surface area contributed by atoms with Crippen LogP contribution in [0.4, 0.5) is 0 Å². The van der Waals surface area contributed by atoms with Crippen LogP contribution < -0.4 is 11.1 Å². The number of likely N-dealkylation sites (tertiary alicyclic amines) is 1. The van der Waals surface area contributed by atoms with E-state index in [-0.39, 0.29) is 5.91 Å². The largest absolute Gasteiger partial charge is 0.379 e. The van der Waals surface area contributed by atoms with Crippen molar-refractivity contribution in [3.8, 4) is 0 Å². The van der Waals surface area contributed by atoms with Crippen LogP contribution in [0, 0.1) is 0 Å². The van der Waals surface area contributed by atoms with Gasteiger partial charge >= 0.3 is 0 Å². The number of carbonyl (C=O) groups excluding carboxylic acids is 1. The molecule has 9 nitrogen and oxygen atoms in total. The fourth-order valence-electron chi connectivity index (χ4n) is 3.78. The SMILES string of the molecule is CN1CCCC1c1cncc(CCCNC(=O)CCOCCOCCOCCOCCN)c1. The zero-order chi connectivity index (χ0) is 23.6. The van der Waals surface area contributed by atoms with Gasteiger partial charge in [-0.05, 0) is 50.4 Å². The second-order valence-corrected chi connectivity index (χ2v) is 8.21. The van der Waals surface area contributed by atoms with Gasteiger partial charge in [-0.2, -0.15) is 0 Å². The van der Waals surface area contributed by atoms with Gasteiger partial charge in [-0.25, -0.2) is 0 Å². The number of aromatic nitrogens is 1. The number of carbonyl (C=O) groups is 1. The van der Waals surface area contributed by atoms with Crippen molar-refractivity contribution in [3.63, 3.8) is 0 Å². The summed E-state index contributed by atoms with van der Waals surface area (Å²) in [5.74, 6) is 0.0145. The quantitative estimate of drug-likeness (QED) is 0.294. The normalized spacial score (nSPS) is 16.4. The highest BCUT2D eigenvalue weighted by Gasteiger charge is 2.22. The van der Waals surface area contributed by atoms with Crippen molar-refractivity contribution in [1.82, 2.24) is 15.2 Å². The first-order valence-electron chi connectivity index (χ1n) is 12.1. The van der Waals surface area contributed by atoms with Crippen LogP contribution in [0.1, 0.15) is 42.9 Å². The minimum Gasteiger partial charge on any atom is -0.379 e. The Morgan fingerprint density at radius 3 is 2.36 bits per heavy atom. The van der Waals surface area contributed by atoms with Crippen molar-refractivity contribution in [3.05, 3.63) is 29.6 Å². The van der Waals surface area contributed by atoms with E-state index in [0.29, 0.717) is 78.4 Å². The van der Waals surface area contributed by atoms with Crippen LogP contribution in [0.2, 0.25) is 0 Å². The average Bonchev–Trinajstić information content (AvgIpc) is 3.26. The smallest absolute Gasteiger partial charge is 0.222 e. The molecule has 1 fully saturated rings. The van der Waals surface area contributed by atoms with E-state index in [9.17, 15) is 4.79 Å². The molecular weight excluding hydrogens is 424 g/mol. The molecule has 33 heavy (non-hydrogen) atoms. The summed E-state index contributed by atoms with van der Waals surface area (Å²) in [6.45, 7) is 6.35. The van der Waals surface area contributed by atoms with Crippen molar-refractivity contribution < 1.29 is 23.7 Å². The molecular formula is C24H42N4O5. The first-order chi connectivity index (χ1) is 16.2. The monoisotopic (exact) mass is 466 g/mol. The van der Waals surface area contributed by atoms with Gasteiger partial charge in [0.1, 0.15) is 0 Å². The Hall–Kier alpha value is -1.62. The summed E-state index contributed by atoms with van der Waals surface area (Å²) in [6, 6.07) is 2.75. The lowest BCUT2D eigenvalue weighted by Gasteiger charge is -2.19. The molecule has 188 valence electrons. The summed E-state index contributed by atoms with van der Waals surface area (Å²) in [6.07, 6.45) is 8.53. The number of ether oxygens (including phenoxy) is 4. The van der Waals surface area contributed by atoms with E-state index in [1.165, 1.54) is 24.0 Å². The first-order valence-corrected chi connectivity index (χ1v) is 12.1. The van der Waals surface area contributed by atoms with Crippen molar-refractivity contribution in [2.45, 2.75) is 38.1 Å². The van der Waals surface area contributed by atoms with Crippen LogP contribution >= 0.6 is 0 Å². The third kappa shape index (κ3) is 12.4. The summed E-state index contributed by atoms with van der Waals surface area (Å²) in [5, 5.41) is 2.96. The molecule has 2 heterocycles. The maximum absolute atomic E-state index is 11.9. The first kappa shape index (κ1) is 27.6. The zero-order valence-electron chi connectivity index (χ0n) is 20.1. The van der Waals surface area contributed by atoms with Gasteiger partial charge in [0.05, 0.1) is 52.9 Å². The number of hydrogen-bond donors (Lipinski definition) is 2. The molecule has 0 saturated carbocycles. The Labute approximate surface area is 198 Å². The molecule has 9 heteroatoms. The van der Waals surface area contributed by atoms with Crippen LogP contribution in [-0.4, -0.2) is 95.3 Å². The van der Waals surface area contributed by atoms with E-state index in [4.69, 9.17) is 24.7 Å². The Morgan fingerprint density at radius 1 is 1.06 bits per heavy atom. The maximum atomic E-state index is 11.9. The molecule has 0 spiro atoms. The van der Waals surface area contributed by atoms with Gasteiger partial charge in [0, 0.05) is 37.9 Å². The lowest BCUT2D eigenvalue weighted by atomic mass is 10.0. The van der Waals surface area contributed by atoms with E-state index >= 15 is 0 Å². The lowest BCUT2D eigenvalue weighted by Crippen LogP contribution is -2.26. The Kier molecular flexibility index (Phi) is 14.9. The van der Waals surface area contributed by atoms with Gasteiger partial charge in [-0.15, -0.1) is 0 Å². The molecule has 1 aliphatic heterocycles. The number of nitrogens with one attached hydrogen (secondary N) is 1. The number of rotatable bonds is 19. The van der Waals surface area contributed by atoms with Crippen LogP contribution in [-0.2, 0) is 30.2 Å². The van der Waals surface area contributed by atoms with Gasteiger partial charge in [0.15, 0.2) is 0 Å². The molecule has 1 amide bonds. The molecule has 2 rings (SSSR count). The maximum Gasteiger partial charge on any atom is 0.222 e. The van der Waals surface area contributed by atoms with Gasteiger partial charge in [-0.1, -0.05) is 6.07 Å². The van der Waals surface area contributed by atoms with E-state index in [2.05, 4.69) is 28.3 Å². The summed E-state index contributed by atoms with van der Waals surface area (Å²) < 4.78 is 21.4. The Balaban J connectivity index is 1.40. The topological polar surface area (TPSA) is 108 Å². The Bertz CT molecular complexity index is 649. The zero-order valence-corrected chi connectivity index (χ0v) is 20.1. The molecule has 3 N–H and O–H groups in total. The summed E-state index contributed by atoms with van der Waals surface area (Å²) >= 11 is 0. The van der Waals surface area contributed by atoms with E-state index in [1.807, 2.05) is 12.4 Å². The van der Waals surface area contributed by atoms with Gasteiger partial charge in [0.25, 0.3) is 0 Å². The van der Waals surface area contributed by atoms with E-state index in [0.717, 1.165) is 19.4 Å². The summed E-state index contributed by atoms with van der Waals surface area (Å²) in [7, 11) is 2.18. The molecule has 0 aromatic carbocycles. The van der Waals surface area contributed by atoms with Gasteiger partial charge in [0.2, 0.25) is 5.91 Å². The predicted octanol–water partition coefficient (Wildman–Crippen LogP) is 1.31. The summed E-state index contributed by atoms with van der Waals surface area (Å²) in [5.41, 5.74) is 7.86. The molecule has 1 aromatic rings. The van der Waals surface area contributed by atoms with Gasteiger partial charge < -0.3 is 30.0 Å². The van der Waals surface area contributed by atoms with Crippen LogP contribution in [0.5, 0.6) is 0 Å². The minimum absolute atomic E-state index is 0.0145. The van der Waals surface area contributed by atoms with Crippen LogP contribution in [0.3, 0.4) is 0 Å². The fraction of sp³-hybridized carbons (Fsp3) is 0.750. The number of aryl methyl sites for hydroxylation is 1. The second kappa shape index (κ2) is 17.8. The fourth-order valence-corrected chi connectivity index (χ4v) is 3.78. The molecule has 1 saturated heterocycles. The minimum atomic E-state index is 0.0145. The number of nitrogens with zero attached hydrogens (tertiary/aromatic N) is 2. The average molecular weight is 467 g/mol. The third-order valence-electron chi connectivity index (χ3n) is 5.54. The lowest BCUT2D eigenvalue weighted by molar-refractivity contribution is -0.122. The van der Waals surface area contributed by atoms with Crippen molar-refractivity contribution >= 4 is 5.91 Å². The molecule has 1 aromatic heterocycles. The molecule has 0 aliphatic carbocycles. The second-order valence-electron chi connectivity index (χ2n) is 8.21. The molecule has 1 aliphatic rings. The molecule has 0 radical (unpaired) electrons. The van der Waals surface area contributed by atoms with E-state index in [1.54, 1.807) is 0 Å². The van der Waals surface area contributed by atoms with Crippen LogP contribution in [0.15, 0.2) is 18.5 Å². The number of amides is 1. The van der Waals surface area contributed by atoms with Crippen molar-refractivity contribution in [2.24, 2.45) is 5.73 Å². The number of nitrogens with two attached hydrogens (primary N) is 1. The molecule has 0 bridgehead atoms. The predicted molar refractivity (Wildman–Crippen MR) is 127 cm³/mol. The van der Waals surface area contributed by atoms with E-state index < -0.39 is 0 Å². The van der Waals surface area contributed by atoms with Crippen molar-refractivity contribution in [2.75, 3.05) is 79.5 Å². The van der Waals surface area contributed by atoms with Gasteiger partial charge in [-0.3, -0.25) is 14.7 Å². The van der Waals surface area contributed by atoms with Crippen molar-refractivity contribution in [1.29, 1.82) is 0 Å². The Morgan fingerprint density at radius 2 is 1.73 bits per heavy atom.